The second kappa shape index (κ2) is 4.07. The van der Waals surface area contributed by atoms with Crippen LogP contribution in [0.25, 0.3) is 0 Å². The lowest BCUT2D eigenvalue weighted by atomic mass is 10.2. The van der Waals surface area contributed by atoms with Gasteiger partial charge in [0.25, 0.3) is 0 Å². The SMILES string of the molecule is CCc1cnn(C(CC)C(=O)O)c1. The highest BCUT2D eigenvalue weighted by Crippen LogP contribution is 2.11. The monoisotopic (exact) mass is 182 g/mol. The molecule has 0 fully saturated rings. The number of nitrogens with zero attached hydrogens (tertiary/aromatic N) is 2. The molecule has 4 heteroatoms. The van der Waals surface area contributed by atoms with E-state index in [2.05, 4.69) is 5.10 Å². The van der Waals surface area contributed by atoms with Gasteiger partial charge in [0.2, 0.25) is 0 Å². The molecule has 1 heterocycles. The lowest BCUT2D eigenvalue weighted by Crippen LogP contribution is -2.18. The Morgan fingerprint density at radius 3 is 2.77 bits per heavy atom. The first-order valence-corrected chi connectivity index (χ1v) is 4.44. The van der Waals surface area contributed by atoms with Crippen LogP contribution in [0.5, 0.6) is 0 Å². The van der Waals surface area contributed by atoms with E-state index in [1.165, 1.54) is 4.68 Å². The van der Waals surface area contributed by atoms with E-state index in [9.17, 15) is 4.79 Å². The van der Waals surface area contributed by atoms with E-state index in [0.717, 1.165) is 12.0 Å². The van der Waals surface area contributed by atoms with Crippen molar-refractivity contribution in [3.63, 3.8) is 0 Å². The Kier molecular flexibility index (Phi) is 3.06. The minimum Gasteiger partial charge on any atom is -0.480 e. The van der Waals surface area contributed by atoms with E-state index in [4.69, 9.17) is 5.11 Å². The van der Waals surface area contributed by atoms with Crippen LogP contribution in [-0.2, 0) is 11.2 Å². The molecular weight excluding hydrogens is 168 g/mol. The summed E-state index contributed by atoms with van der Waals surface area (Å²) in [4.78, 5) is 10.8. The van der Waals surface area contributed by atoms with E-state index in [1.54, 1.807) is 12.4 Å². The summed E-state index contributed by atoms with van der Waals surface area (Å²) < 4.78 is 1.52. The third kappa shape index (κ3) is 2.08. The second-order valence-electron chi connectivity index (χ2n) is 2.94. The van der Waals surface area contributed by atoms with Crippen molar-refractivity contribution in [2.45, 2.75) is 32.7 Å². The molecule has 0 saturated heterocycles. The van der Waals surface area contributed by atoms with Crippen LogP contribution in [0.2, 0.25) is 0 Å². The molecule has 0 amide bonds. The molecule has 4 nitrogen and oxygen atoms in total. The summed E-state index contributed by atoms with van der Waals surface area (Å²) in [5.74, 6) is -0.826. The van der Waals surface area contributed by atoms with E-state index in [0.29, 0.717) is 6.42 Å². The fourth-order valence-corrected chi connectivity index (χ4v) is 1.21. The number of carboxylic acids is 1. The van der Waals surface area contributed by atoms with E-state index >= 15 is 0 Å². The van der Waals surface area contributed by atoms with Crippen molar-refractivity contribution in [1.82, 2.24) is 9.78 Å². The van der Waals surface area contributed by atoms with Gasteiger partial charge in [0.1, 0.15) is 6.04 Å². The van der Waals surface area contributed by atoms with Crippen LogP contribution < -0.4 is 0 Å². The average Bonchev–Trinajstić information content (AvgIpc) is 2.53. The highest BCUT2D eigenvalue weighted by Gasteiger charge is 2.17. The number of carboxylic acid groups (broad SMARTS) is 1. The second-order valence-corrected chi connectivity index (χ2v) is 2.94. The van der Waals surface area contributed by atoms with Crippen LogP contribution in [0.15, 0.2) is 12.4 Å². The van der Waals surface area contributed by atoms with Crippen LogP contribution >= 0.6 is 0 Å². The molecule has 1 aromatic rings. The predicted molar refractivity (Wildman–Crippen MR) is 48.6 cm³/mol. The maximum absolute atomic E-state index is 10.8. The van der Waals surface area contributed by atoms with E-state index < -0.39 is 12.0 Å². The summed E-state index contributed by atoms with van der Waals surface area (Å²) in [6.45, 7) is 3.86. The van der Waals surface area contributed by atoms with E-state index in [1.807, 2.05) is 13.8 Å². The summed E-state index contributed by atoms with van der Waals surface area (Å²) >= 11 is 0. The van der Waals surface area contributed by atoms with Gasteiger partial charge in [0.15, 0.2) is 0 Å². The molecule has 0 radical (unpaired) electrons. The Hall–Kier alpha value is -1.32. The minimum atomic E-state index is -0.826. The summed E-state index contributed by atoms with van der Waals surface area (Å²) in [7, 11) is 0. The molecule has 0 saturated carbocycles. The average molecular weight is 182 g/mol. The Labute approximate surface area is 77.2 Å². The Morgan fingerprint density at radius 2 is 2.38 bits per heavy atom. The van der Waals surface area contributed by atoms with Gasteiger partial charge in [-0.15, -0.1) is 0 Å². The predicted octanol–water partition coefficient (Wildman–Crippen LogP) is 1.48. The first-order valence-electron chi connectivity index (χ1n) is 4.44. The van der Waals surface area contributed by atoms with Crippen molar-refractivity contribution in [3.05, 3.63) is 18.0 Å². The Morgan fingerprint density at radius 1 is 1.69 bits per heavy atom. The molecule has 1 unspecified atom stereocenters. The number of hydrogen-bond acceptors (Lipinski definition) is 2. The fraction of sp³-hybridized carbons (Fsp3) is 0.556. The van der Waals surface area contributed by atoms with Crippen LogP contribution in [-0.4, -0.2) is 20.9 Å². The van der Waals surface area contributed by atoms with Crippen molar-refractivity contribution in [1.29, 1.82) is 0 Å². The van der Waals surface area contributed by atoms with Crippen LogP contribution in [0.3, 0.4) is 0 Å². The quantitative estimate of drug-likeness (QED) is 0.767. The minimum absolute atomic E-state index is 0.528. The molecule has 0 aromatic carbocycles. The molecule has 1 atom stereocenters. The number of aryl methyl sites for hydroxylation is 1. The summed E-state index contributed by atoms with van der Waals surface area (Å²) in [5, 5.41) is 12.9. The topological polar surface area (TPSA) is 55.1 Å². The maximum Gasteiger partial charge on any atom is 0.328 e. The summed E-state index contributed by atoms with van der Waals surface area (Å²) in [5.41, 5.74) is 1.07. The fourth-order valence-electron chi connectivity index (χ4n) is 1.21. The number of aliphatic carboxylic acids is 1. The van der Waals surface area contributed by atoms with Crippen molar-refractivity contribution in [3.8, 4) is 0 Å². The molecule has 72 valence electrons. The maximum atomic E-state index is 10.8. The third-order valence-corrected chi connectivity index (χ3v) is 2.05. The van der Waals surface area contributed by atoms with Gasteiger partial charge in [0, 0.05) is 6.20 Å². The number of rotatable bonds is 4. The first kappa shape index (κ1) is 9.77. The Balaban J connectivity index is 2.85. The highest BCUT2D eigenvalue weighted by atomic mass is 16.4. The molecule has 0 bridgehead atoms. The van der Waals surface area contributed by atoms with Gasteiger partial charge in [0.05, 0.1) is 6.20 Å². The molecule has 13 heavy (non-hydrogen) atoms. The van der Waals surface area contributed by atoms with Crippen molar-refractivity contribution < 1.29 is 9.90 Å². The molecule has 0 aliphatic carbocycles. The van der Waals surface area contributed by atoms with Crippen molar-refractivity contribution in [2.75, 3.05) is 0 Å². The van der Waals surface area contributed by atoms with Crippen LogP contribution in [0, 0.1) is 0 Å². The van der Waals surface area contributed by atoms with Gasteiger partial charge < -0.3 is 5.11 Å². The van der Waals surface area contributed by atoms with E-state index in [-0.39, 0.29) is 0 Å². The Bertz CT molecular complexity index is 294. The molecular formula is C9H14N2O2. The highest BCUT2D eigenvalue weighted by molar-refractivity contribution is 5.71. The first-order chi connectivity index (χ1) is 6.19. The van der Waals surface area contributed by atoms with Gasteiger partial charge in [-0.05, 0) is 18.4 Å². The van der Waals surface area contributed by atoms with Crippen LogP contribution in [0.1, 0.15) is 31.9 Å². The van der Waals surface area contributed by atoms with Gasteiger partial charge in [-0.2, -0.15) is 5.10 Å². The van der Waals surface area contributed by atoms with Gasteiger partial charge in [-0.25, -0.2) is 4.79 Å². The lowest BCUT2D eigenvalue weighted by Gasteiger charge is -2.09. The van der Waals surface area contributed by atoms with Gasteiger partial charge in [-0.1, -0.05) is 13.8 Å². The van der Waals surface area contributed by atoms with Gasteiger partial charge >= 0.3 is 5.97 Å². The molecule has 0 spiro atoms. The smallest absolute Gasteiger partial charge is 0.328 e. The molecule has 1 aromatic heterocycles. The molecule has 1 rings (SSSR count). The molecule has 1 N–H and O–H groups in total. The third-order valence-electron chi connectivity index (χ3n) is 2.05. The van der Waals surface area contributed by atoms with Gasteiger partial charge in [-0.3, -0.25) is 4.68 Å². The number of hydrogen-bond donors (Lipinski definition) is 1. The molecule has 0 aliphatic rings. The molecule has 0 aliphatic heterocycles. The number of aromatic nitrogens is 2. The lowest BCUT2D eigenvalue weighted by molar-refractivity contribution is -0.141. The zero-order valence-corrected chi connectivity index (χ0v) is 7.90. The summed E-state index contributed by atoms with van der Waals surface area (Å²) in [6.07, 6.45) is 4.95. The zero-order chi connectivity index (χ0) is 9.84. The van der Waals surface area contributed by atoms with Crippen molar-refractivity contribution >= 4 is 5.97 Å². The normalized spacial score (nSPS) is 12.8. The number of carbonyl (C=O) groups is 1. The van der Waals surface area contributed by atoms with Crippen LogP contribution in [0.4, 0.5) is 0 Å². The van der Waals surface area contributed by atoms with Crippen molar-refractivity contribution in [2.24, 2.45) is 0 Å². The standard InChI is InChI=1S/C9H14N2O2/c1-3-7-5-10-11(6-7)8(4-2)9(12)13/h5-6,8H,3-4H2,1-2H3,(H,12,13). The zero-order valence-electron chi connectivity index (χ0n) is 7.90. The summed E-state index contributed by atoms with van der Waals surface area (Å²) in [6, 6.07) is -0.528. The largest absolute Gasteiger partial charge is 0.480 e.